The zero-order valence-electron chi connectivity index (χ0n) is 18.4. The van der Waals surface area contributed by atoms with Gasteiger partial charge in [0.25, 0.3) is 0 Å². The first kappa shape index (κ1) is 20.6. The Labute approximate surface area is 184 Å². The van der Waals surface area contributed by atoms with Crippen molar-refractivity contribution in [3.63, 3.8) is 0 Å². The van der Waals surface area contributed by atoms with E-state index < -0.39 is 0 Å². The summed E-state index contributed by atoms with van der Waals surface area (Å²) in [5.74, 6) is 0. The van der Waals surface area contributed by atoms with Crippen molar-refractivity contribution < 1.29 is 0 Å². The second-order valence-electron chi connectivity index (χ2n) is 8.20. The van der Waals surface area contributed by atoms with Crippen molar-refractivity contribution in [2.24, 2.45) is 0 Å². The van der Waals surface area contributed by atoms with Crippen LogP contribution in [0.15, 0.2) is 48.7 Å². The van der Waals surface area contributed by atoms with Gasteiger partial charge < -0.3 is 14.8 Å². The number of thiocarbonyl (C=S) groups is 1. The Bertz CT molecular complexity index is 1070. The van der Waals surface area contributed by atoms with Gasteiger partial charge in [0.2, 0.25) is 0 Å². The Kier molecular flexibility index (Phi) is 5.65. The number of rotatable bonds is 5. The third-order valence-corrected chi connectivity index (χ3v) is 6.62. The molecule has 0 radical (unpaired) electrons. The van der Waals surface area contributed by atoms with Crippen molar-refractivity contribution in [1.29, 1.82) is 0 Å². The van der Waals surface area contributed by atoms with Crippen LogP contribution in [0.4, 0.5) is 0 Å². The van der Waals surface area contributed by atoms with Crippen LogP contribution in [0.25, 0.3) is 5.69 Å². The lowest BCUT2D eigenvalue weighted by molar-refractivity contribution is 0.316. The van der Waals surface area contributed by atoms with Gasteiger partial charge >= 0.3 is 0 Å². The molecule has 1 fully saturated rings. The summed E-state index contributed by atoms with van der Waals surface area (Å²) in [5.41, 5.74) is 8.72. The molecule has 156 valence electrons. The molecule has 5 heteroatoms. The summed E-state index contributed by atoms with van der Waals surface area (Å²) in [6.45, 7) is 11.9. The lowest BCUT2D eigenvalue weighted by Crippen LogP contribution is -2.30. The summed E-state index contributed by atoms with van der Waals surface area (Å²) in [4.78, 5) is 6.99. The van der Waals surface area contributed by atoms with E-state index in [9.17, 15) is 0 Å². The summed E-state index contributed by atoms with van der Waals surface area (Å²) >= 11 is 5.75. The summed E-state index contributed by atoms with van der Waals surface area (Å²) in [5, 5.41) is 4.37. The van der Waals surface area contributed by atoms with Gasteiger partial charge in [0.15, 0.2) is 5.11 Å². The molecule has 4 rings (SSSR count). The Hall–Kier alpha value is -2.66. The van der Waals surface area contributed by atoms with Crippen LogP contribution in [0.2, 0.25) is 0 Å². The molecule has 2 atom stereocenters. The molecule has 4 nitrogen and oxygen atoms in total. The van der Waals surface area contributed by atoms with Gasteiger partial charge in [0.05, 0.1) is 17.8 Å². The number of hydrogen-bond donors (Lipinski definition) is 1. The van der Waals surface area contributed by atoms with Crippen molar-refractivity contribution >= 4 is 17.3 Å². The molecule has 0 amide bonds. The predicted molar refractivity (Wildman–Crippen MR) is 127 cm³/mol. The van der Waals surface area contributed by atoms with Crippen molar-refractivity contribution in [3.8, 4) is 5.69 Å². The van der Waals surface area contributed by atoms with Gasteiger partial charge in [-0.15, -0.1) is 0 Å². The molecule has 1 aromatic carbocycles. The van der Waals surface area contributed by atoms with Gasteiger partial charge in [-0.2, -0.15) is 0 Å². The lowest BCUT2D eigenvalue weighted by Gasteiger charge is -2.28. The molecule has 3 aromatic rings. The predicted octanol–water partition coefficient (Wildman–Crippen LogP) is 5.49. The normalized spacial score (nSPS) is 18.7. The monoisotopic (exact) mass is 418 g/mol. The van der Waals surface area contributed by atoms with Gasteiger partial charge in [0.1, 0.15) is 0 Å². The Balaban J connectivity index is 1.86. The van der Waals surface area contributed by atoms with Gasteiger partial charge in [-0.05, 0) is 87.3 Å². The Morgan fingerprint density at radius 3 is 2.57 bits per heavy atom. The number of pyridine rings is 1. The minimum atomic E-state index is 0.0396. The first-order valence-electron chi connectivity index (χ1n) is 10.7. The number of hydrogen-bond acceptors (Lipinski definition) is 2. The van der Waals surface area contributed by atoms with E-state index in [0.717, 1.165) is 23.8 Å². The first-order valence-corrected chi connectivity index (χ1v) is 11.1. The molecule has 1 saturated heterocycles. The van der Waals surface area contributed by atoms with Crippen molar-refractivity contribution in [3.05, 3.63) is 82.4 Å². The number of benzene rings is 1. The zero-order chi connectivity index (χ0) is 21.4. The average Bonchev–Trinajstić information content (AvgIpc) is 3.21. The van der Waals surface area contributed by atoms with E-state index in [1.807, 2.05) is 18.3 Å². The highest BCUT2D eigenvalue weighted by Gasteiger charge is 2.41. The molecule has 2 aromatic heterocycles. The van der Waals surface area contributed by atoms with Crippen molar-refractivity contribution in [2.45, 2.75) is 53.1 Å². The van der Waals surface area contributed by atoms with Crippen LogP contribution in [0, 0.1) is 27.7 Å². The summed E-state index contributed by atoms with van der Waals surface area (Å²) < 4.78 is 2.39. The fourth-order valence-electron chi connectivity index (χ4n) is 4.66. The fourth-order valence-corrected chi connectivity index (χ4v) is 4.99. The smallest absolute Gasteiger partial charge is 0.170 e. The summed E-state index contributed by atoms with van der Waals surface area (Å²) in [7, 11) is 0. The molecule has 1 N–H and O–H groups in total. The van der Waals surface area contributed by atoms with E-state index >= 15 is 0 Å². The van der Waals surface area contributed by atoms with E-state index in [-0.39, 0.29) is 12.1 Å². The zero-order valence-corrected chi connectivity index (χ0v) is 19.3. The molecular weight excluding hydrogens is 388 g/mol. The van der Waals surface area contributed by atoms with Gasteiger partial charge in [-0.25, -0.2) is 0 Å². The molecule has 0 saturated carbocycles. The van der Waals surface area contributed by atoms with Crippen molar-refractivity contribution in [1.82, 2.24) is 19.8 Å². The fraction of sp³-hybridized carbons (Fsp3) is 0.360. The topological polar surface area (TPSA) is 33.1 Å². The number of aryl methyl sites for hydroxylation is 2. The van der Waals surface area contributed by atoms with Crippen molar-refractivity contribution in [2.75, 3.05) is 6.54 Å². The van der Waals surface area contributed by atoms with Crippen LogP contribution in [-0.2, 0) is 0 Å². The maximum atomic E-state index is 5.75. The second-order valence-corrected chi connectivity index (χ2v) is 8.59. The third kappa shape index (κ3) is 3.41. The summed E-state index contributed by atoms with van der Waals surface area (Å²) in [6, 6.07) is 15.1. The van der Waals surface area contributed by atoms with E-state index in [4.69, 9.17) is 12.2 Å². The number of nitrogens with zero attached hydrogens (tertiary/aromatic N) is 3. The summed E-state index contributed by atoms with van der Waals surface area (Å²) in [6.07, 6.45) is 2.90. The highest BCUT2D eigenvalue weighted by Crippen LogP contribution is 2.41. The molecule has 1 aliphatic heterocycles. The standard InChI is InChI=1S/C25H30N4S/c1-6-14-28-24(23(27-25(28)30)21-11-7-8-13-26-21)20-15-17(3)29(19(20)5)22-12-9-10-16(2)18(22)4/h7-13,15,23-24H,6,14H2,1-5H3,(H,27,30). The van der Waals surface area contributed by atoms with Crippen LogP contribution < -0.4 is 5.32 Å². The van der Waals surface area contributed by atoms with E-state index in [1.54, 1.807) is 0 Å². The largest absolute Gasteiger partial charge is 0.352 e. The van der Waals surface area contributed by atoms with E-state index in [2.05, 4.69) is 84.7 Å². The number of nitrogens with one attached hydrogen (secondary N) is 1. The molecule has 30 heavy (non-hydrogen) atoms. The molecule has 0 bridgehead atoms. The maximum absolute atomic E-state index is 5.75. The third-order valence-electron chi connectivity index (χ3n) is 6.27. The van der Waals surface area contributed by atoms with E-state index in [1.165, 1.54) is 33.8 Å². The molecule has 0 spiro atoms. The van der Waals surface area contributed by atoms with Crippen LogP contribution in [0.3, 0.4) is 0 Å². The Morgan fingerprint density at radius 2 is 1.87 bits per heavy atom. The Morgan fingerprint density at radius 1 is 1.07 bits per heavy atom. The molecule has 3 heterocycles. The minimum absolute atomic E-state index is 0.0396. The molecule has 1 aliphatic rings. The average molecular weight is 419 g/mol. The highest BCUT2D eigenvalue weighted by atomic mass is 32.1. The highest BCUT2D eigenvalue weighted by molar-refractivity contribution is 7.80. The molecule has 0 aliphatic carbocycles. The van der Waals surface area contributed by atoms with Crippen LogP contribution in [-0.4, -0.2) is 26.1 Å². The number of aromatic nitrogens is 2. The van der Waals surface area contributed by atoms with Crippen LogP contribution in [0.1, 0.15) is 59.2 Å². The van der Waals surface area contributed by atoms with Gasteiger partial charge in [-0.1, -0.05) is 25.1 Å². The van der Waals surface area contributed by atoms with E-state index in [0.29, 0.717) is 0 Å². The lowest BCUT2D eigenvalue weighted by atomic mass is 9.96. The maximum Gasteiger partial charge on any atom is 0.170 e. The molecule has 2 unspecified atom stereocenters. The van der Waals surface area contributed by atoms with Gasteiger partial charge in [0, 0.05) is 29.8 Å². The van der Waals surface area contributed by atoms with Crippen LogP contribution in [0.5, 0.6) is 0 Å². The quantitative estimate of drug-likeness (QED) is 0.556. The SMILES string of the molecule is CCCN1C(=S)NC(c2ccccn2)C1c1cc(C)n(-c2cccc(C)c2C)c1C. The second kappa shape index (κ2) is 8.23. The van der Waals surface area contributed by atoms with Crippen LogP contribution >= 0.6 is 12.2 Å². The molecular formula is C25H30N4S. The first-order chi connectivity index (χ1) is 14.4. The minimum Gasteiger partial charge on any atom is -0.352 e. The van der Waals surface area contributed by atoms with Gasteiger partial charge in [-0.3, -0.25) is 4.98 Å².